The van der Waals surface area contributed by atoms with Gasteiger partial charge in [0.1, 0.15) is 17.2 Å². The third-order valence-electron chi connectivity index (χ3n) is 5.87. The lowest BCUT2D eigenvalue weighted by molar-refractivity contribution is -0.117. The number of halogens is 2. The molecule has 5 N–H and O–H groups in total. The number of hydrogen-bond acceptors (Lipinski definition) is 7. The SMILES string of the molecule is C=C(Nc1ccc(Oc2ccnc3cc(OC)c(C(N)=O)cc23)cc1Cl)NC1CCC(O)(F)CC1. The van der Waals surface area contributed by atoms with Crippen molar-refractivity contribution in [3.05, 3.63) is 65.6 Å². The van der Waals surface area contributed by atoms with Crippen molar-refractivity contribution in [1.29, 1.82) is 0 Å². The number of anilines is 1. The summed E-state index contributed by atoms with van der Waals surface area (Å²) in [5.41, 5.74) is 6.88. The van der Waals surface area contributed by atoms with Crippen LogP contribution in [0.3, 0.4) is 0 Å². The lowest BCUT2D eigenvalue weighted by Crippen LogP contribution is -2.39. The summed E-state index contributed by atoms with van der Waals surface area (Å²) in [6.07, 6.45) is 2.75. The summed E-state index contributed by atoms with van der Waals surface area (Å²) in [5, 5.41) is 16.7. The molecule has 0 saturated heterocycles. The van der Waals surface area contributed by atoms with Gasteiger partial charge in [-0.1, -0.05) is 18.2 Å². The van der Waals surface area contributed by atoms with Crippen molar-refractivity contribution >= 4 is 34.1 Å². The Morgan fingerprint density at radius 3 is 2.66 bits per heavy atom. The molecule has 1 aliphatic rings. The number of methoxy groups -OCH3 is 1. The van der Waals surface area contributed by atoms with Gasteiger partial charge in [0, 0.05) is 42.6 Å². The van der Waals surface area contributed by atoms with Crippen LogP contribution in [0.4, 0.5) is 10.1 Å². The molecule has 184 valence electrons. The second kappa shape index (κ2) is 9.97. The summed E-state index contributed by atoms with van der Waals surface area (Å²) in [4.78, 5) is 16.1. The Balaban J connectivity index is 1.48. The number of fused-ring (bicyclic) bond motifs is 1. The van der Waals surface area contributed by atoms with Gasteiger partial charge in [-0.05, 0) is 37.1 Å². The minimum atomic E-state index is -2.08. The molecule has 0 atom stereocenters. The molecule has 0 spiro atoms. The molecule has 8 nitrogen and oxygen atoms in total. The first-order valence-electron chi connectivity index (χ1n) is 11.0. The van der Waals surface area contributed by atoms with Crippen LogP contribution in [0.2, 0.25) is 5.02 Å². The average molecular weight is 501 g/mol. The molecule has 3 aromatic rings. The van der Waals surface area contributed by atoms with E-state index in [1.165, 1.54) is 7.11 Å². The molecule has 1 amide bonds. The maximum absolute atomic E-state index is 13.6. The first kappa shape index (κ1) is 24.6. The Morgan fingerprint density at radius 2 is 2.00 bits per heavy atom. The molecule has 10 heteroatoms. The van der Waals surface area contributed by atoms with Gasteiger partial charge in [-0.15, -0.1) is 0 Å². The first-order valence-corrected chi connectivity index (χ1v) is 11.4. The maximum Gasteiger partial charge on any atom is 0.252 e. The minimum absolute atomic E-state index is 0.0105. The largest absolute Gasteiger partial charge is 0.496 e. The number of nitrogens with two attached hydrogens (primary N) is 1. The molecular weight excluding hydrogens is 475 g/mol. The van der Waals surface area contributed by atoms with Crippen molar-refractivity contribution < 1.29 is 23.8 Å². The van der Waals surface area contributed by atoms with Crippen LogP contribution in [0.5, 0.6) is 17.2 Å². The van der Waals surface area contributed by atoms with Gasteiger partial charge in [-0.3, -0.25) is 9.78 Å². The maximum atomic E-state index is 13.6. The third-order valence-corrected chi connectivity index (χ3v) is 6.18. The smallest absolute Gasteiger partial charge is 0.252 e. The van der Waals surface area contributed by atoms with Gasteiger partial charge in [0.05, 0.1) is 34.7 Å². The molecule has 0 radical (unpaired) electrons. The van der Waals surface area contributed by atoms with Crippen molar-refractivity contribution in [2.24, 2.45) is 5.73 Å². The van der Waals surface area contributed by atoms with Crippen molar-refractivity contribution in [2.45, 2.75) is 37.6 Å². The fourth-order valence-corrected chi connectivity index (χ4v) is 4.25. The topological polar surface area (TPSA) is 119 Å². The lowest BCUT2D eigenvalue weighted by Gasteiger charge is -2.31. The monoisotopic (exact) mass is 500 g/mol. The summed E-state index contributed by atoms with van der Waals surface area (Å²) in [6.45, 7) is 3.96. The van der Waals surface area contributed by atoms with E-state index in [9.17, 15) is 14.3 Å². The summed E-state index contributed by atoms with van der Waals surface area (Å²) in [7, 11) is 1.45. The Morgan fingerprint density at radius 1 is 1.26 bits per heavy atom. The van der Waals surface area contributed by atoms with Crippen LogP contribution in [-0.4, -0.2) is 35.0 Å². The number of carbonyl (C=O) groups is 1. The van der Waals surface area contributed by atoms with Crippen LogP contribution in [0, 0.1) is 0 Å². The van der Waals surface area contributed by atoms with E-state index >= 15 is 0 Å². The fourth-order valence-electron chi connectivity index (χ4n) is 4.04. The second-order valence-electron chi connectivity index (χ2n) is 8.43. The van der Waals surface area contributed by atoms with Crippen LogP contribution in [0.1, 0.15) is 36.0 Å². The lowest BCUT2D eigenvalue weighted by atomic mass is 9.91. The number of aromatic nitrogens is 1. The summed E-state index contributed by atoms with van der Waals surface area (Å²) in [6, 6.07) is 10.0. The van der Waals surface area contributed by atoms with Gasteiger partial charge in [-0.25, -0.2) is 4.39 Å². The third kappa shape index (κ3) is 5.75. The predicted molar refractivity (Wildman–Crippen MR) is 133 cm³/mol. The van der Waals surface area contributed by atoms with E-state index in [0.717, 1.165) is 0 Å². The van der Waals surface area contributed by atoms with E-state index in [-0.39, 0.29) is 24.4 Å². The average Bonchev–Trinajstić information content (AvgIpc) is 2.81. The van der Waals surface area contributed by atoms with Crippen LogP contribution < -0.4 is 25.8 Å². The van der Waals surface area contributed by atoms with Gasteiger partial charge in [0.15, 0.2) is 0 Å². The normalized spacial score (nSPS) is 19.7. The fraction of sp³-hybridized carbons (Fsp3) is 0.280. The quantitative estimate of drug-likeness (QED) is 0.348. The van der Waals surface area contributed by atoms with E-state index in [4.69, 9.17) is 26.8 Å². The predicted octanol–water partition coefficient (Wildman–Crippen LogP) is 4.86. The highest BCUT2D eigenvalue weighted by atomic mass is 35.5. The zero-order valence-electron chi connectivity index (χ0n) is 19.1. The highest BCUT2D eigenvalue weighted by Crippen LogP contribution is 2.35. The molecule has 0 aliphatic heterocycles. The van der Waals surface area contributed by atoms with Crippen molar-refractivity contribution in [3.8, 4) is 17.2 Å². The zero-order chi connectivity index (χ0) is 25.2. The van der Waals surface area contributed by atoms with Gasteiger partial charge in [-0.2, -0.15) is 0 Å². The summed E-state index contributed by atoms with van der Waals surface area (Å²) >= 11 is 6.46. The number of alkyl halides is 1. The standard InChI is InChI=1S/C25H26ClFN4O4/c1-14(30-15-5-8-25(27,33)9-6-15)31-20-4-3-16(11-19(20)26)35-22-7-10-29-21-13-23(34-2)18(24(28)32)12-17(21)22/h3-4,7,10-13,15,30-31,33H,1,5-6,8-9H2,2H3,(H2,28,32). The Kier molecular flexibility index (Phi) is 7.00. The molecule has 4 rings (SSSR count). The number of aliphatic hydroxyl groups is 1. The van der Waals surface area contributed by atoms with Crippen LogP contribution in [0.15, 0.2) is 55.0 Å². The molecule has 1 heterocycles. The number of benzene rings is 2. The highest BCUT2D eigenvalue weighted by Gasteiger charge is 2.32. The van der Waals surface area contributed by atoms with Crippen LogP contribution in [-0.2, 0) is 0 Å². The number of nitrogens with one attached hydrogen (secondary N) is 2. The van der Waals surface area contributed by atoms with E-state index in [0.29, 0.717) is 57.5 Å². The van der Waals surface area contributed by atoms with Crippen molar-refractivity contribution in [3.63, 3.8) is 0 Å². The second-order valence-corrected chi connectivity index (χ2v) is 8.83. The zero-order valence-corrected chi connectivity index (χ0v) is 19.9. The number of ether oxygens (including phenoxy) is 2. The Bertz CT molecular complexity index is 1270. The first-order chi connectivity index (χ1) is 16.6. The minimum Gasteiger partial charge on any atom is -0.496 e. The van der Waals surface area contributed by atoms with Crippen molar-refractivity contribution in [2.75, 3.05) is 12.4 Å². The highest BCUT2D eigenvalue weighted by molar-refractivity contribution is 6.33. The molecule has 1 aromatic heterocycles. The number of hydrogen-bond donors (Lipinski definition) is 4. The number of pyridine rings is 1. The van der Waals surface area contributed by atoms with E-state index < -0.39 is 11.8 Å². The molecular formula is C25H26ClFN4O4. The Labute approximate surface area is 206 Å². The van der Waals surface area contributed by atoms with E-state index in [1.54, 1.807) is 42.6 Å². The number of nitrogens with zero attached hydrogens (tertiary/aromatic N) is 1. The molecule has 0 bridgehead atoms. The molecule has 35 heavy (non-hydrogen) atoms. The molecule has 2 aromatic carbocycles. The Hall–Kier alpha value is -3.56. The summed E-state index contributed by atoms with van der Waals surface area (Å²) < 4.78 is 24.9. The van der Waals surface area contributed by atoms with Crippen LogP contribution in [0.25, 0.3) is 10.9 Å². The van der Waals surface area contributed by atoms with E-state index in [2.05, 4.69) is 22.2 Å². The van der Waals surface area contributed by atoms with Crippen LogP contribution >= 0.6 is 11.6 Å². The molecule has 1 saturated carbocycles. The van der Waals surface area contributed by atoms with Gasteiger partial charge in [0.2, 0.25) is 5.85 Å². The van der Waals surface area contributed by atoms with E-state index in [1.807, 2.05) is 0 Å². The number of primary amides is 1. The molecule has 1 fully saturated rings. The molecule has 0 unspecified atom stereocenters. The van der Waals surface area contributed by atoms with Crippen molar-refractivity contribution in [1.82, 2.24) is 10.3 Å². The summed E-state index contributed by atoms with van der Waals surface area (Å²) in [5.74, 6) is -0.927. The van der Waals surface area contributed by atoms with Gasteiger partial charge in [0.25, 0.3) is 5.91 Å². The number of amides is 1. The number of rotatable bonds is 8. The van der Waals surface area contributed by atoms with Gasteiger partial charge >= 0.3 is 0 Å². The number of carbonyl (C=O) groups excluding carboxylic acids is 1. The molecule has 1 aliphatic carbocycles. The van der Waals surface area contributed by atoms with Gasteiger partial charge < -0.3 is 30.9 Å².